The first-order valence-corrected chi connectivity index (χ1v) is 9.19. The van der Waals surface area contributed by atoms with Gasteiger partial charge in [0, 0.05) is 16.2 Å². The summed E-state index contributed by atoms with van der Waals surface area (Å²) < 4.78 is 6.93. The standard InChI is InChI=1S/C15H14BrIN2O3.C2H6/c1-22-15(21)13(18)6-9-2-4-10(5-3-9)12-7-11(16)8-19(17)14(12)20;1-2/h2-5,7-8,13H,6,18H2,1H3;1-2H3. The Labute approximate surface area is 163 Å². The first kappa shape index (κ1) is 20.9. The molecule has 2 aromatic rings. The van der Waals surface area contributed by atoms with Crippen LogP contribution < -0.4 is 11.3 Å². The Morgan fingerprint density at radius 2 is 1.92 bits per heavy atom. The largest absolute Gasteiger partial charge is 0.468 e. The van der Waals surface area contributed by atoms with Gasteiger partial charge in [-0.1, -0.05) is 38.1 Å². The highest BCUT2D eigenvalue weighted by Gasteiger charge is 2.14. The van der Waals surface area contributed by atoms with E-state index in [9.17, 15) is 9.59 Å². The van der Waals surface area contributed by atoms with Gasteiger partial charge in [-0.2, -0.15) is 0 Å². The molecule has 0 saturated heterocycles. The van der Waals surface area contributed by atoms with Crippen LogP contribution in [0.15, 0.2) is 45.8 Å². The summed E-state index contributed by atoms with van der Waals surface area (Å²) in [5.74, 6) is -0.441. The summed E-state index contributed by atoms with van der Waals surface area (Å²) in [5.41, 5.74) is 7.98. The zero-order valence-corrected chi connectivity index (χ0v) is 17.5. The zero-order valence-electron chi connectivity index (χ0n) is 13.8. The van der Waals surface area contributed by atoms with Gasteiger partial charge in [-0.15, -0.1) is 0 Å². The highest BCUT2D eigenvalue weighted by Crippen LogP contribution is 2.21. The molecule has 0 aliphatic carbocycles. The third-order valence-electron chi connectivity index (χ3n) is 3.17. The number of carbonyl (C=O) groups excluding carboxylic acids is 1. The second-order valence-corrected chi connectivity index (χ2v) is 6.67. The molecule has 0 bridgehead atoms. The highest BCUT2D eigenvalue weighted by molar-refractivity contribution is 14.1. The van der Waals surface area contributed by atoms with Crippen molar-refractivity contribution in [2.24, 2.45) is 5.73 Å². The Bertz CT molecular complexity index is 744. The number of methoxy groups -OCH3 is 1. The zero-order chi connectivity index (χ0) is 18.3. The van der Waals surface area contributed by atoms with Gasteiger partial charge in [0.2, 0.25) is 0 Å². The van der Waals surface area contributed by atoms with Crippen LogP contribution in [0.1, 0.15) is 19.4 Å². The van der Waals surface area contributed by atoms with Crippen molar-refractivity contribution in [2.45, 2.75) is 26.3 Å². The number of nitrogens with two attached hydrogens (primary N) is 1. The molecule has 1 atom stereocenters. The molecule has 130 valence electrons. The minimum absolute atomic E-state index is 0.0807. The molecule has 0 saturated carbocycles. The van der Waals surface area contributed by atoms with Crippen LogP contribution in [-0.4, -0.2) is 21.9 Å². The maximum Gasteiger partial charge on any atom is 0.322 e. The van der Waals surface area contributed by atoms with E-state index in [4.69, 9.17) is 5.73 Å². The summed E-state index contributed by atoms with van der Waals surface area (Å²) in [6, 6.07) is 8.50. The van der Waals surface area contributed by atoms with Crippen LogP contribution in [0.25, 0.3) is 11.1 Å². The SMILES string of the molecule is CC.COC(=O)C(N)Cc1ccc(-c2cc(Br)cn(I)c2=O)cc1. The molecule has 1 heterocycles. The van der Waals surface area contributed by atoms with Gasteiger partial charge in [0.05, 0.1) is 30.0 Å². The third-order valence-corrected chi connectivity index (χ3v) is 4.32. The molecule has 0 radical (unpaired) electrons. The normalized spacial score (nSPS) is 11.2. The quantitative estimate of drug-likeness (QED) is 0.508. The molecular weight excluding hydrogens is 487 g/mol. The average molecular weight is 507 g/mol. The minimum Gasteiger partial charge on any atom is -0.468 e. The number of hydrogen-bond acceptors (Lipinski definition) is 4. The number of carbonyl (C=O) groups is 1. The third kappa shape index (κ3) is 5.42. The van der Waals surface area contributed by atoms with Gasteiger partial charge in [0.15, 0.2) is 0 Å². The van der Waals surface area contributed by atoms with Crippen molar-refractivity contribution in [1.82, 2.24) is 2.78 Å². The predicted molar refractivity (Wildman–Crippen MR) is 108 cm³/mol. The average Bonchev–Trinajstić information content (AvgIpc) is 2.59. The monoisotopic (exact) mass is 506 g/mol. The van der Waals surface area contributed by atoms with Crippen molar-refractivity contribution in [2.75, 3.05) is 7.11 Å². The van der Waals surface area contributed by atoms with Crippen LogP contribution in [0.2, 0.25) is 0 Å². The second-order valence-electron chi connectivity index (χ2n) is 4.72. The van der Waals surface area contributed by atoms with Crippen LogP contribution in [0.3, 0.4) is 0 Å². The number of rotatable bonds is 4. The number of esters is 1. The van der Waals surface area contributed by atoms with Crippen LogP contribution in [-0.2, 0) is 16.0 Å². The van der Waals surface area contributed by atoms with E-state index in [0.717, 1.165) is 15.6 Å². The van der Waals surface area contributed by atoms with Gasteiger partial charge in [0.1, 0.15) is 6.04 Å². The molecule has 1 unspecified atom stereocenters. The van der Waals surface area contributed by atoms with E-state index in [1.54, 1.807) is 12.3 Å². The summed E-state index contributed by atoms with van der Waals surface area (Å²) in [7, 11) is 1.31. The Morgan fingerprint density at radius 1 is 1.33 bits per heavy atom. The van der Waals surface area contributed by atoms with Crippen molar-refractivity contribution in [1.29, 1.82) is 0 Å². The first-order chi connectivity index (χ1) is 11.4. The molecule has 1 aromatic carbocycles. The predicted octanol–water partition coefficient (Wildman–Crippen LogP) is 3.54. The summed E-state index contributed by atoms with van der Waals surface area (Å²) in [6.45, 7) is 4.00. The van der Waals surface area contributed by atoms with Gasteiger partial charge in [-0.3, -0.25) is 12.4 Å². The number of pyridine rings is 1. The molecular formula is C17H20BrIN2O3. The molecule has 0 aliphatic rings. The van der Waals surface area contributed by atoms with Crippen LogP contribution in [0, 0.1) is 0 Å². The molecule has 0 fully saturated rings. The number of ether oxygens (including phenoxy) is 1. The van der Waals surface area contributed by atoms with E-state index in [1.165, 1.54) is 9.89 Å². The lowest BCUT2D eigenvalue weighted by molar-refractivity contribution is -0.142. The van der Waals surface area contributed by atoms with Crippen molar-refractivity contribution < 1.29 is 9.53 Å². The number of aromatic nitrogens is 1. The van der Waals surface area contributed by atoms with E-state index < -0.39 is 12.0 Å². The Balaban J connectivity index is 0.00000139. The second kappa shape index (κ2) is 9.95. The lowest BCUT2D eigenvalue weighted by Gasteiger charge is -2.10. The molecule has 0 spiro atoms. The summed E-state index contributed by atoms with van der Waals surface area (Å²) in [5, 5.41) is 0. The number of nitrogens with zero attached hydrogens (tertiary/aromatic N) is 1. The van der Waals surface area contributed by atoms with Gasteiger partial charge in [-0.05, 0) is 39.5 Å². The van der Waals surface area contributed by atoms with Gasteiger partial charge in [0.25, 0.3) is 5.56 Å². The fraction of sp³-hybridized carbons (Fsp3) is 0.294. The molecule has 2 N–H and O–H groups in total. The van der Waals surface area contributed by atoms with Gasteiger partial charge in [-0.25, -0.2) is 0 Å². The van der Waals surface area contributed by atoms with Crippen LogP contribution in [0.4, 0.5) is 0 Å². The Morgan fingerprint density at radius 3 is 2.46 bits per heavy atom. The molecule has 0 aliphatic heterocycles. The number of halogens is 2. The molecule has 1 aromatic heterocycles. The fourth-order valence-corrected chi connectivity index (χ4v) is 3.41. The Kier molecular flexibility index (Phi) is 8.65. The topological polar surface area (TPSA) is 74.3 Å². The summed E-state index contributed by atoms with van der Waals surface area (Å²) >= 11 is 5.33. The van der Waals surface area contributed by atoms with Crippen molar-refractivity contribution >= 4 is 44.8 Å². The van der Waals surface area contributed by atoms with Gasteiger partial charge >= 0.3 is 5.97 Å². The highest BCUT2D eigenvalue weighted by atomic mass is 127. The molecule has 7 heteroatoms. The van der Waals surface area contributed by atoms with Gasteiger partial charge < -0.3 is 10.5 Å². The van der Waals surface area contributed by atoms with E-state index >= 15 is 0 Å². The molecule has 2 rings (SSSR count). The van der Waals surface area contributed by atoms with E-state index in [0.29, 0.717) is 12.0 Å². The summed E-state index contributed by atoms with van der Waals surface area (Å²) in [6.07, 6.45) is 2.10. The number of hydrogen-bond donors (Lipinski definition) is 1. The van der Waals surface area contributed by atoms with E-state index in [2.05, 4.69) is 20.7 Å². The van der Waals surface area contributed by atoms with E-state index in [-0.39, 0.29) is 5.56 Å². The molecule has 24 heavy (non-hydrogen) atoms. The van der Waals surface area contributed by atoms with Crippen molar-refractivity contribution in [3.63, 3.8) is 0 Å². The summed E-state index contributed by atoms with van der Waals surface area (Å²) in [4.78, 5) is 23.5. The molecule has 5 nitrogen and oxygen atoms in total. The lowest BCUT2D eigenvalue weighted by Crippen LogP contribution is -2.33. The van der Waals surface area contributed by atoms with Crippen LogP contribution in [0.5, 0.6) is 0 Å². The maximum atomic E-state index is 12.2. The van der Waals surface area contributed by atoms with E-state index in [1.807, 2.05) is 61.0 Å². The lowest BCUT2D eigenvalue weighted by atomic mass is 10.0. The Hall–Kier alpha value is -1.19. The minimum atomic E-state index is -0.687. The van der Waals surface area contributed by atoms with Crippen molar-refractivity contribution in [3.8, 4) is 11.1 Å². The molecule has 0 amide bonds. The van der Waals surface area contributed by atoms with Crippen molar-refractivity contribution in [3.05, 3.63) is 56.9 Å². The first-order valence-electron chi connectivity index (χ1n) is 7.43. The smallest absolute Gasteiger partial charge is 0.322 e. The maximum absolute atomic E-state index is 12.2. The fourth-order valence-electron chi connectivity index (χ4n) is 2.03. The number of benzene rings is 1. The van der Waals surface area contributed by atoms with Crippen LogP contribution >= 0.6 is 38.8 Å².